The molecular formula is C22H42N4O5. The molecule has 0 radical (unpaired) electrons. The van der Waals surface area contributed by atoms with Crippen LogP contribution in [0.5, 0.6) is 0 Å². The van der Waals surface area contributed by atoms with Gasteiger partial charge in [-0.1, -0.05) is 32.1 Å². The van der Waals surface area contributed by atoms with E-state index in [9.17, 15) is 19.5 Å². The van der Waals surface area contributed by atoms with Crippen LogP contribution in [-0.2, 0) is 19.1 Å². The number of nitrogens with two attached hydrogens (primary N) is 2. The van der Waals surface area contributed by atoms with Crippen molar-refractivity contribution in [1.82, 2.24) is 10.2 Å². The molecule has 3 atom stereocenters. The van der Waals surface area contributed by atoms with E-state index in [-0.39, 0.29) is 18.5 Å². The minimum atomic E-state index is -0.981. The van der Waals surface area contributed by atoms with Crippen LogP contribution < -0.4 is 16.8 Å². The first-order valence-corrected chi connectivity index (χ1v) is 11.8. The molecule has 9 heteroatoms. The van der Waals surface area contributed by atoms with Gasteiger partial charge in [-0.15, -0.1) is 0 Å². The molecule has 0 spiro atoms. The van der Waals surface area contributed by atoms with Gasteiger partial charge in [0.25, 0.3) is 0 Å². The number of hydrogen-bond acceptors (Lipinski definition) is 7. The zero-order chi connectivity index (χ0) is 23.1. The quantitative estimate of drug-likeness (QED) is 0.195. The number of carboxylic acids is 1. The molecule has 0 saturated carbocycles. The normalized spacial score (nSPS) is 18.0. The maximum absolute atomic E-state index is 13.2. The Balaban J connectivity index is 2.82. The Kier molecular flexibility index (Phi) is 14.1. The van der Waals surface area contributed by atoms with Gasteiger partial charge >= 0.3 is 11.9 Å². The Labute approximate surface area is 186 Å². The van der Waals surface area contributed by atoms with Crippen LogP contribution in [-0.4, -0.2) is 72.2 Å². The van der Waals surface area contributed by atoms with Crippen molar-refractivity contribution in [3.05, 3.63) is 0 Å². The van der Waals surface area contributed by atoms with E-state index in [0.717, 1.165) is 44.9 Å². The predicted octanol–water partition coefficient (Wildman–Crippen LogP) is 1.38. The van der Waals surface area contributed by atoms with E-state index >= 15 is 0 Å². The summed E-state index contributed by atoms with van der Waals surface area (Å²) in [7, 11) is 0. The van der Waals surface area contributed by atoms with Crippen molar-refractivity contribution in [2.24, 2.45) is 11.5 Å². The summed E-state index contributed by atoms with van der Waals surface area (Å²) in [5.74, 6) is -1.59. The van der Waals surface area contributed by atoms with Gasteiger partial charge in [-0.3, -0.25) is 14.9 Å². The molecule has 1 aliphatic rings. The number of aliphatic carboxylic acids is 1. The van der Waals surface area contributed by atoms with Crippen molar-refractivity contribution in [2.75, 3.05) is 26.2 Å². The van der Waals surface area contributed by atoms with Crippen molar-refractivity contribution in [2.45, 2.75) is 95.7 Å². The van der Waals surface area contributed by atoms with Crippen molar-refractivity contribution in [3.8, 4) is 0 Å². The van der Waals surface area contributed by atoms with E-state index in [0.29, 0.717) is 45.3 Å². The maximum Gasteiger partial charge on any atom is 0.326 e. The highest BCUT2D eigenvalue weighted by molar-refractivity contribution is 5.88. The molecule has 1 aliphatic heterocycles. The second kappa shape index (κ2) is 16.0. The molecule has 0 bridgehead atoms. The van der Waals surface area contributed by atoms with Crippen LogP contribution in [0.4, 0.5) is 0 Å². The number of nitrogens with one attached hydrogen (secondary N) is 1. The number of esters is 1. The summed E-state index contributed by atoms with van der Waals surface area (Å²) in [6.07, 6.45) is 8.64. The maximum atomic E-state index is 13.2. The zero-order valence-electron chi connectivity index (χ0n) is 19.0. The van der Waals surface area contributed by atoms with Crippen LogP contribution in [0.15, 0.2) is 0 Å². The highest BCUT2D eigenvalue weighted by Crippen LogP contribution is 2.20. The Morgan fingerprint density at radius 3 is 2.23 bits per heavy atom. The molecular weight excluding hydrogens is 400 g/mol. The number of carbonyl (C=O) groups excluding carboxylic acids is 2. The SMILES string of the molecule is CCOC(=O)[C@@H](CCCCCCCN)N[C@@H](CCCCN)C(=O)N1CCC[C@H]1C(=O)O. The van der Waals surface area contributed by atoms with Crippen LogP contribution in [0.25, 0.3) is 0 Å². The number of ether oxygens (including phenoxy) is 1. The molecule has 0 aromatic heterocycles. The first kappa shape index (κ1) is 27.3. The Morgan fingerprint density at radius 2 is 1.58 bits per heavy atom. The number of carbonyl (C=O) groups is 3. The topological polar surface area (TPSA) is 148 Å². The van der Waals surface area contributed by atoms with Crippen molar-refractivity contribution >= 4 is 17.8 Å². The third-order valence-corrected chi connectivity index (χ3v) is 5.74. The van der Waals surface area contributed by atoms with Gasteiger partial charge in [0, 0.05) is 6.54 Å². The predicted molar refractivity (Wildman–Crippen MR) is 119 cm³/mol. The van der Waals surface area contributed by atoms with Crippen LogP contribution in [0.2, 0.25) is 0 Å². The average molecular weight is 443 g/mol. The van der Waals surface area contributed by atoms with Gasteiger partial charge in [-0.2, -0.15) is 0 Å². The van der Waals surface area contributed by atoms with Crippen LogP contribution >= 0.6 is 0 Å². The lowest BCUT2D eigenvalue weighted by Crippen LogP contribution is -2.54. The monoisotopic (exact) mass is 442 g/mol. The molecule has 1 rings (SSSR count). The van der Waals surface area contributed by atoms with Gasteiger partial charge in [0.1, 0.15) is 12.1 Å². The first-order valence-electron chi connectivity index (χ1n) is 11.8. The lowest BCUT2D eigenvalue weighted by atomic mass is 10.0. The van der Waals surface area contributed by atoms with E-state index in [1.165, 1.54) is 4.90 Å². The van der Waals surface area contributed by atoms with E-state index < -0.39 is 24.1 Å². The first-order chi connectivity index (χ1) is 15.0. The number of carboxylic acid groups (broad SMARTS) is 1. The molecule has 1 fully saturated rings. The number of rotatable bonds is 17. The Hall–Kier alpha value is -1.71. The summed E-state index contributed by atoms with van der Waals surface area (Å²) < 4.78 is 5.23. The zero-order valence-corrected chi connectivity index (χ0v) is 19.0. The van der Waals surface area contributed by atoms with Gasteiger partial charge in [0.15, 0.2) is 0 Å². The summed E-state index contributed by atoms with van der Waals surface area (Å²) in [5.41, 5.74) is 11.1. The molecule has 1 heterocycles. The van der Waals surface area contributed by atoms with E-state index in [1.807, 2.05) is 0 Å². The average Bonchev–Trinajstić information content (AvgIpc) is 3.24. The molecule has 1 amide bonds. The summed E-state index contributed by atoms with van der Waals surface area (Å²) in [4.78, 5) is 38.8. The summed E-state index contributed by atoms with van der Waals surface area (Å²) in [6, 6.07) is -2.01. The van der Waals surface area contributed by atoms with E-state index in [1.54, 1.807) is 6.92 Å². The summed E-state index contributed by atoms with van der Waals surface area (Å²) in [6.45, 7) is 3.66. The number of unbranched alkanes of at least 4 members (excludes halogenated alkanes) is 5. The standard InChI is InChI=1S/C22H42N4O5/c1-2-31-22(30)18(12-6-4-3-5-8-14-23)25-17(11-7-9-15-24)20(27)26-16-10-13-19(26)21(28)29/h17-19,25H,2-16,23-24H2,1H3,(H,28,29)/t17-,18+,19-/m0/s1. The summed E-state index contributed by atoms with van der Waals surface area (Å²) in [5, 5.41) is 12.7. The van der Waals surface area contributed by atoms with Crippen LogP contribution in [0, 0.1) is 0 Å². The third kappa shape index (κ3) is 9.97. The van der Waals surface area contributed by atoms with Gasteiger partial charge in [0.2, 0.25) is 5.91 Å². The molecule has 31 heavy (non-hydrogen) atoms. The van der Waals surface area contributed by atoms with E-state index in [2.05, 4.69) is 5.32 Å². The fourth-order valence-corrected chi connectivity index (χ4v) is 4.04. The minimum Gasteiger partial charge on any atom is -0.480 e. The Bertz CT molecular complexity index is 546. The number of likely N-dealkylation sites (tertiary alicyclic amines) is 1. The lowest BCUT2D eigenvalue weighted by Gasteiger charge is -2.30. The molecule has 0 unspecified atom stereocenters. The fourth-order valence-electron chi connectivity index (χ4n) is 4.04. The minimum absolute atomic E-state index is 0.251. The van der Waals surface area contributed by atoms with Crippen molar-refractivity contribution in [3.63, 3.8) is 0 Å². The molecule has 0 aromatic rings. The van der Waals surface area contributed by atoms with Gasteiger partial charge in [0.05, 0.1) is 12.6 Å². The molecule has 180 valence electrons. The molecule has 0 aliphatic carbocycles. The Morgan fingerprint density at radius 1 is 1.00 bits per heavy atom. The second-order valence-electron chi connectivity index (χ2n) is 8.18. The fraction of sp³-hybridized carbons (Fsp3) is 0.864. The molecule has 9 nitrogen and oxygen atoms in total. The highest BCUT2D eigenvalue weighted by Gasteiger charge is 2.38. The molecule has 6 N–H and O–H groups in total. The number of amides is 1. The largest absolute Gasteiger partial charge is 0.480 e. The van der Waals surface area contributed by atoms with Gasteiger partial charge in [-0.25, -0.2) is 4.79 Å². The number of nitrogens with zero attached hydrogens (tertiary/aromatic N) is 1. The summed E-state index contributed by atoms with van der Waals surface area (Å²) >= 11 is 0. The van der Waals surface area contributed by atoms with Gasteiger partial charge in [-0.05, 0) is 58.5 Å². The molecule has 0 aromatic carbocycles. The van der Waals surface area contributed by atoms with E-state index in [4.69, 9.17) is 16.2 Å². The van der Waals surface area contributed by atoms with Gasteiger partial charge < -0.3 is 26.2 Å². The smallest absolute Gasteiger partial charge is 0.326 e. The van der Waals surface area contributed by atoms with Crippen LogP contribution in [0.3, 0.4) is 0 Å². The molecule has 1 saturated heterocycles. The van der Waals surface area contributed by atoms with Crippen molar-refractivity contribution in [1.29, 1.82) is 0 Å². The lowest BCUT2D eigenvalue weighted by molar-refractivity contribution is -0.150. The highest BCUT2D eigenvalue weighted by atomic mass is 16.5. The number of hydrogen-bond donors (Lipinski definition) is 4. The van der Waals surface area contributed by atoms with Crippen LogP contribution in [0.1, 0.15) is 77.6 Å². The third-order valence-electron chi connectivity index (χ3n) is 5.74. The van der Waals surface area contributed by atoms with Crippen molar-refractivity contribution < 1.29 is 24.2 Å². The second-order valence-corrected chi connectivity index (χ2v) is 8.18.